The molecule has 2 aromatic carbocycles. The molecule has 1 atom stereocenters. The van der Waals surface area contributed by atoms with E-state index in [4.69, 9.17) is 27.9 Å². The zero-order valence-corrected chi connectivity index (χ0v) is 22.6. The number of nitrogens with zero attached hydrogens (tertiary/aromatic N) is 2. The number of halogens is 2. The summed E-state index contributed by atoms with van der Waals surface area (Å²) in [5.74, 6) is -0.546. The Morgan fingerprint density at radius 2 is 1.74 bits per heavy atom. The lowest BCUT2D eigenvalue weighted by Gasteiger charge is -2.33. The number of amides is 2. The third kappa shape index (κ3) is 7.75. The highest BCUT2D eigenvalue weighted by Gasteiger charge is 2.32. The first-order valence-electron chi connectivity index (χ1n) is 11.2. The third-order valence-electron chi connectivity index (χ3n) is 5.19. The summed E-state index contributed by atoms with van der Waals surface area (Å²) in [5.41, 5.74) is 0.891. The lowest BCUT2D eigenvalue weighted by molar-refractivity contribution is -0.140. The molecule has 0 fully saturated rings. The lowest BCUT2D eigenvalue weighted by Crippen LogP contribution is -2.52. The van der Waals surface area contributed by atoms with Crippen molar-refractivity contribution in [3.8, 4) is 5.75 Å². The number of hydrogen-bond donors (Lipinski definition) is 1. The second-order valence-electron chi connectivity index (χ2n) is 7.76. The minimum Gasteiger partial charge on any atom is -0.492 e. The van der Waals surface area contributed by atoms with E-state index in [2.05, 4.69) is 5.32 Å². The van der Waals surface area contributed by atoms with E-state index < -0.39 is 28.5 Å². The fourth-order valence-electron chi connectivity index (χ4n) is 3.58. The van der Waals surface area contributed by atoms with E-state index in [0.717, 1.165) is 10.6 Å². The first-order valence-corrected chi connectivity index (χ1v) is 13.8. The molecule has 2 rings (SSSR count). The van der Waals surface area contributed by atoms with Crippen LogP contribution in [0.2, 0.25) is 10.0 Å². The molecule has 1 N–H and O–H groups in total. The Morgan fingerprint density at radius 1 is 1.06 bits per heavy atom. The van der Waals surface area contributed by atoms with E-state index >= 15 is 0 Å². The molecule has 0 spiro atoms. The van der Waals surface area contributed by atoms with Crippen molar-refractivity contribution in [3.05, 3.63) is 58.1 Å². The number of hydrogen-bond acceptors (Lipinski definition) is 5. The molecule has 0 bridgehead atoms. The fraction of sp³-hybridized carbons (Fsp3) is 0.417. The average Bonchev–Trinajstić information content (AvgIpc) is 2.79. The number of para-hydroxylation sites is 2. The van der Waals surface area contributed by atoms with Crippen LogP contribution in [0.1, 0.15) is 32.8 Å². The fourth-order valence-corrected chi connectivity index (χ4v) is 4.76. The quantitative estimate of drug-likeness (QED) is 0.434. The van der Waals surface area contributed by atoms with Crippen molar-refractivity contribution in [2.24, 2.45) is 0 Å². The Morgan fingerprint density at radius 3 is 2.31 bits per heavy atom. The summed E-state index contributed by atoms with van der Waals surface area (Å²) in [7, 11) is -3.87. The van der Waals surface area contributed by atoms with Crippen molar-refractivity contribution in [2.75, 3.05) is 30.3 Å². The van der Waals surface area contributed by atoms with Crippen molar-refractivity contribution in [2.45, 2.75) is 39.8 Å². The van der Waals surface area contributed by atoms with E-state index in [0.29, 0.717) is 40.9 Å². The molecule has 8 nitrogen and oxygen atoms in total. The van der Waals surface area contributed by atoms with E-state index in [1.54, 1.807) is 63.2 Å². The second kappa shape index (κ2) is 13.0. The Hall–Kier alpha value is -2.49. The van der Waals surface area contributed by atoms with Gasteiger partial charge in [0.15, 0.2) is 0 Å². The van der Waals surface area contributed by atoms with Gasteiger partial charge < -0.3 is 15.0 Å². The number of likely N-dealkylation sites (N-methyl/N-ethyl adjacent to an activating group) is 1. The van der Waals surface area contributed by atoms with E-state index in [-0.39, 0.29) is 18.1 Å². The Balaban J connectivity index is 2.49. The van der Waals surface area contributed by atoms with Crippen molar-refractivity contribution in [1.82, 2.24) is 10.2 Å². The number of sulfonamides is 1. The summed E-state index contributed by atoms with van der Waals surface area (Å²) in [6.07, 6.45) is 1.35. The molecule has 0 radical (unpaired) electrons. The highest BCUT2D eigenvalue weighted by molar-refractivity contribution is 7.92. The molecule has 0 aliphatic heterocycles. The van der Waals surface area contributed by atoms with Gasteiger partial charge in [-0.1, -0.05) is 48.3 Å². The highest BCUT2D eigenvalue weighted by atomic mass is 35.5. The third-order valence-corrected chi connectivity index (χ3v) is 7.05. The molecule has 0 saturated heterocycles. The number of carbonyl (C=O) groups excluding carboxylic acids is 2. The van der Waals surface area contributed by atoms with Crippen LogP contribution in [0.25, 0.3) is 0 Å². The Kier molecular flexibility index (Phi) is 10.7. The maximum Gasteiger partial charge on any atom is 0.244 e. The number of nitrogens with one attached hydrogen (secondary N) is 1. The number of carbonyl (C=O) groups is 2. The van der Waals surface area contributed by atoms with Gasteiger partial charge in [-0.3, -0.25) is 13.9 Å². The summed E-state index contributed by atoms with van der Waals surface area (Å²) in [5, 5.41) is 3.42. The Labute approximate surface area is 217 Å². The molecule has 192 valence electrons. The van der Waals surface area contributed by atoms with Gasteiger partial charge in [0.2, 0.25) is 21.8 Å². The molecule has 0 unspecified atom stereocenters. The first-order chi connectivity index (χ1) is 16.5. The maximum absolute atomic E-state index is 13.6. The van der Waals surface area contributed by atoms with Gasteiger partial charge in [0.05, 0.1) is 28.6 Å². The molecule has 11 heteroatoms. The van der Waals surface area contributed by atoms with Crippen molar-refractivity contribution < 1.29 is 22.7 Å². The van der Waals surface area contributed by atoms with Crippen LogP contribution >= 0.6 is 23.2 Å². The van der Waals surface area contributed by atoms with Gasteiger partial charge in [-0.15, -0.1) is 0 Å². The summed E-state index contributed by atoms with van der Waals surface area (Å²) < 4.78 is 32.1. The molecule has 2 amide bonds. The van der Waals surface area contributed by atoms with Crippen LogP contribution in [0.4, 0.5) is 5.69 Å². The topological polar surface area (TPSA) is 96.0 Å². The summed E-state index contributed by atoms with van der Waals surface area (Å²) in [6, 6.07) is 10.7. The monoisotopic (exact) mass is 543 g/mol. The van der Waals surface area contributed by atoms with Crippen molar-refractivity contribution >= 4 is 50.7 Å². The molecule has 35 heavy (non-hydrogen) atoms. The van der Waals surface area contributed by atoms with Gasteiger partial charge >= 0.3 is 0 Å². The van der Waals surface area contributed by atoms with Crippen LogP contribution in [-0.4, -0.2) is 57.1 Å². The molecule has 0 aliphatic rings. The van der Waals surface area contributed by atoms with Crippen LogP contribution < -0.4 is 14.4 Å². The number of ether oxygens (including phenoxy) is 1. The van der Waals surface area contributed by atoms with Gasteiger partial charge in [-0.2, -0.15) is 0 Å². The van der Waals surface area contributed by atoms with Crippen LogP contribution in [-0.2, 0) is 26.2 Å². The standard InChI is InChI=1S/C24H31Cl2N3O5S/c1-5-20(24(31)27-6-2)28(15-17-12-13-18(25)19(26)14-17)23(30)16-29(35(4,32)33)21-10-8-9-11-22(21)34-7-3/h8-14,20H,5-7,15-16H2,1-4H3,(H,27,31)/t20-/m0/s1. The number of benzene rings is 2. The largest absolute Gasteiger partial charge is 0.492 e. The van der Waals surface area contributed by atoms with E-state index in [9.17, 15) is 18.0 Å². The van der Waals surface area contributed by atoms with Crippen LogP contribution in [0.3, 0.4) is 0 Å². The maximum atomic E-state index is 13.6. The minimum absolute atomic E-state index is 0.0378. The van der Waals surface area contributed by atoms with Gasteiger partial charge in [0.25, 0.3) is 0 Å². The Bertz CT molecular complexity index is 1140. The summed E-state index contributed by atoms with van der Waals surface area (Å²) in [4.78, 5) is 27.8. The van der Waals surface area contributed by atoms with Crippen LogP contribution in [0, 0.1) is 0 Å². The van der Waals surface area contributed by atoms with Gasteiger partial charge in [-0.25, -0.2) is 8.42 Å². The van der Waals surface area contributed by atoms with Crippen LogP contribution in [0.15, 0.2) is 42.5 Å². The van der Waals surface area contributed by atoms with Crippen molar-refractivity contribution in [1.29, 1.82) is 0 Å². The van der Waals surface area contributed by atoms with Gasteiger partial charge in [-0.05, 0) is 50.1 Å². The van der Waals surface area contributed by atoms with Gasteiger partial charge in [0.1, 0.15) is 18.3 Å². The molecule has 0 aliphatic carbocycles. The molecular weight excluding hydrogens is 513 g/mol. The second-order valence-corrected chi connectivity index (χ2v) is 10.5. The van der Waals surface area contributed by atoms with Crippen LogP contribution in [0.5, 0.6) is 5.75 Å². The minimum atomic E-state index is -3.87. The predicted octanol–water partition coefficient (Wildman–Crippen LogP) is 4.10. The smallest absolute Gasteiger partial charge is 0.244 e. The normalized spacial score (nSPS) is 12.1. The average molecular weight is 545 g/mol. The zero-order valence-electron chi connectivity index (χ0n) is 20.3. The lowest BCUT2D eigenvalue weighted by atomic mass is 10.1. The zero-order chi connectivity index (χ0) is 26.2. The van der Waals surface area contributed by atoms with E-state index in [1.807, 2.05) is 0 Å². The molecular formula is C24H31Cl2N3O5S. The number of rotatable bonds is 12. The summed E-state index contributed by atoms with van der Waals surface area (Å²) >= 11 is 12.2. The summed E-state index contributed by atoms with van der Waals surface area (Å²) in [6.45, 7) is 5.59. The molecule has 0 saturated carbocycles. The SMILES string of the molecule is CCNC(=O)[C@H](CC)N(Cc1ccc(Cl)c(Cl)c1)C(=O)CN(c1ccccc1OCC)S(C)(=O)=O. The van der Waals surface area contributed by atoms with Gasteiger partial charge in [0, 0.05) is 13.1 Å². The van der Waals surface area contributed by atoms with Crippen molar-refractivity contribution in [3.63, 3.8) is 0 Å². The molecule has 2 aromatic rings. The molecule has 0 heterocycles. The highest BCUT2D eigenvalue weighted by Crippen LogP contribution is 2.30. The molecule has 0 aromatic heterocycles. The predicted molar refractivity (Wildman–Crippen MR) is 140 cm³/mol. The number of anilines is 1. The van der Waals surface area contributed by atoms with E-state index in [1.165, 1.54) is 4.90 Å². The first kappa shape index (κ1) is 28.7.